The second-order valence-corrected chi connectivity index (χ2v) is 14.3. The van der Waals surface area contributed by atoms with Gasteiger partial charge in [0.05, 0.1) is 17.8 Å². The number of piperidine rings is 1. The first-order valence-corrected chi connectivity index (χ1v) is 17.5. The highest BCUT2D eigenvalue weighted by molar-refractivity contribution is 6.07. The highest BCUT2D eigenvalue weighted by Crippen LogP contribution is 2.48. The number of fused-ring (bicyclic) bond motifs is 2. The van der Waals surface area contributed by atoms with Gasteiger partial charge in [0.15, 0.2) is 5.75 Å². The quantitative estimate of drug-likeness (QED) is 0.216. The van der Waals surface area contributed by atoms with Gasteiger partial charge < -0.3 is 24.2 Å². The first-order chi connectivity index (χ1) is 23.4. The molecule has 0 unspecified atom stereocenters. The number of anilines is 1. The topological polar surface area (TPSA) is 99.7 Å². The number of aromatic nitrogens is 4. The minimum Gasteiger partial charge on any atom is -0.487 e. The van der Waals surface area contributed by atoms with Gasteiger partial charge in [0.1, 0.15) is 17.9 Å². The predicted molar refractivity (Wildman–Crippen MR) is 190 cm³/mol. The summed E-state index contributed by atoms with van der Waals surface area (Å²) < 4.78 is 13.4. The summed E-state index contributed by atoms with van der Waals surface area (Å²) in [6.07, 6.45) is 12.8. The van der Waals surface area contributed by atoms with Gasteiger partial charge >= 0.3 is 6.01 Å². The zero-order valence-electron chi connectivity index (χ0n) is 28.1. The number of aromatic amines is 1. The monoisotopic (exact) mass is 647 g/mol. The molecule has 250 valence electrons. The third-order valence-electron chi connectivity index (χ3n) is 11.3. The molecule has 4 aromatic rings. The van der Waals surface area contributed by atoms with Gasteiger partial charge in [0.2, 0.25) is 5.91 Å². The number of aryl methyl sites for hydroxylation is 1. The maximum atomic E-state index is 12.2. The van der Waals surface area contributed by atoms with Crippen LogP contribution in [0, 0.1) is 12.3 Å². The minimum absolute atomic E-state index is 0.0210. The molecule has 1 saturated carbocycles. The number of ether oxygens (including phenoxy) is 2. The minimum atomic E-state index is 0.0210. The summed E-state index contributed by atoms with van der Waals surface area (Å²) in [6.45, 7) is 15.0. The molecule has 5 heterocycles. The van der Waals surface area contributed by atoms with E-state index < -0.39 is 0 Å². The van der Waals surface area contributed by atoms with E-state index in [4.69, 9.17) is 19.4 Å². The summed E-state index contributed by atoms with van der Waals surface area (Å²) in [4.78, 5) is 29.2. The van der Waals surface area contributed by atoms with E-state index in [1.807, 2.05) is 17.2 Å². The van der Waals surface area contributed by atoms with Crippen LogP contribution in [0.15, 0.2) is 43.6 Å². The Bertz CT molecular complexity index is 1900. The van der Waals surface area contributed by atoms with Crippen LogP contribution in [0.4, 0.5) is 5.82 Å². The highest BCUT2D eigenvalue weighted by Gasteiger charge is 2.46. The van der Waals surface area contributed by atoms with Gasteiger partial charge in [-0.05, 0) is 100 Å². The maximum Gasteiger partial charge on any atom is 0.319 e. The molecule has 2 aromatic carbocycles. The van der Waals surface area contributed by atoms with Crippen molar-refractivity contribution in [2.24, 2.45) is 5.41 Å². The van der Waals surface area contributed by atoms with Crippen molar-refractivity contribution in [3.63, 3.8) is 0 Å². The fourth-order valence-electron chi connectivity index (χ4n) is 8.09. The van der Waals surface area contributed by atoms with E-state index in [-0.39, 0.29) is 17.4 Å². The van der Waals surface area contributed by atoms with Crippen molar-refractivity contribution >= 4 is 39.6 Å². The Balaban J connectivity index is 1.26. The Morgan fingerprint density at radius 2 is 1.88 bits per heavy atom. The summed E-state index contributed by atoms with van der Waals surface area (Å²) in [5.41, 5.74) is 6.07. The number of nitrogens with zero attached hydrogens (tertiary/aromatic N) is 6. The Morgan fingerprint density at radius 1 is 1.06 bits per heavy atom. The summed E-state index contributed by atoms with van der Waals surface area (Å²) in [5, 5.41) is 9.52. The number of likely N-dealkylation sites (N-methyl/N-ethyl adjacent to an activating group) is 1. The third-order valence-corrected chi connectivity index (χ3v) is 11.3. The number of benzene rings is 2. The maximum absolute atomic E-state index is 12.2. The lowest BCUT2D eigenvalue weighted by Crippen LogP contribution is -2.61. The van der Waals surface area contributed by atoms with Crippen LogP contribution in [0.3, 0.4) is 0 Å². The number of hydrogen-bond acceptors (Lipinski definition) is 8. The van der Waals surface area contributed by atoms with E-state index in [2.05, 4.69) is 65.3 Å². The highest BCUT2D eigenvalue weighted by atomic mass is 16.5. The van der Waals surface area contributed by atoms with Crippen molar-refractivity contribution in [2.45, 2.75) is 64.0 Å². The molecule has 8 rings (SSSR count). The van der Waals surface area contributed by atoms with E-state index in [1.165, 1.54) is 12.5 Å². The molecule has 3 saturated heterocycles. The van der Waals surface area contributed by atoms with Crippen molar-refractivity contribution in [3.8, 4) is 22.9 Å². The standard InChI is InChI=1S/C38H45N7O3/c1-5-25-19-28-34(35(48-27-10-7-11-27)33(25)32-24(3)12-13-30-29(32)20-39-42-30)40-37(47-21-26-9-8-16-43(26)4)41-36(28)44-17-14-38(15-18-44)22-45(23-38)31(46)6-2/h5-6,12-13,19-20,26-27H,1-2,7-11,14-18,21-23H2,3-4H3,(H,39,42)/t26-/m0/s1. The SMILES string of the molecule is C=CC(=O)N1CC2(CCN(c3nc(OC[C@@H]4CCCN4C)nc4c(OC5CCC5)c(-c5c(C)ccc6[nH]ncc56)c(C=C)cc34)CC2)C1. The van der Waals surface area contributed by atoms with Gasteiger partial charge in [0, 0.05) is 54.0 Å². The molecule has 1 aliphatic carbocycles. The first-order valence-electron chi connectivity index (χ1n) is 17.5. The lowest BCUT2D eigenvalue weighted by atomic mass is 9.72. The summed E-state index contributed by atoms with van der Waals surface area (Å²) in [6, 6.07) is 7.12. The van der Waals surface area contributed by atoms with Crippen LogP contribution in [0.2, 0.25) is 0 Å². The zero-order chi connectivity index (χ0) is 33.0. The lowest BCUT2D eigenvalue weighted by molar-refractivity contribution is -0.139. The van der Waals surface area contributed by atoms with E-state index in [9.17, 15) is 4.79 Å². The van der Waals surface area contributed by atoms with Crippen LogP contribution < -0.4 is 14.4 Å². The van der Waals surface area contributed by atoms with Crippen LogP contribution in [-0.4, -0.2) is 94.4 Å². The van der Waals surface area contributed by atoms with Crippen LogP contribution in [-0.2, 0) is 4.79 Å². The van der Waals surface area contributed by atoms with E-state index in [1.54, 1.807) is 0 Å². The fourth-order valence-corrected chi connectivity index (χ4v) is 8.09. The van der Waals surface area contributed by atoms with Crippen LogP contribution >= 0.6 is 0 Å². The Labute approximate surface area is 281 Å². The summed E-state index contributed by atoms with van der Waals surface area (Å²) >= 11 is 0. The normalized spacial score (nSPS) is 21.0. The van der Waals surface area contributed by atoms with Crippen molar-refractivity contribution in [1.82, 2.24) is 30.0 Å². The van der Waals surface area contributed by atoms with Crippen molar-refractivity contribution in [2.75, 3.05) is 51.3 Å². The molecule has 2 aromatic heterocycles. The number of carbonyl (C=O) groups is 1. The molecule has 0 bridgehead atoms. The Hall–Kier alpha value is -4.44. The smallest absolute Gasteiger partial charge is 0.319 e. The number of hydrogen-bond donors (Lipinski definition) is 1. The average Bonchev–Trinajstić information content (AvgIpc) is 3.72. The molecule has 4 aliphatic rings. The summed E-state index contributed by atoms with van der Waals surface area (Å²) in [5.74, 6) is 1.66. The first kappa shape index (κ1) is 30.9. The molecule has 1 N–H and O–H groups in total. The second kappa shape index (κ2) is 12.2. The molecule has 3 aliphatic heterocycles. The number of rotatable bonds is 9. The molecule has 1 atom stereocenters. The van der Waals surface area contributed by atoms with Gasteiger partial charge in [-0.3, -0.25) is 9.89 Å². The summed E-state index contributed by atoms with van der Waals surface area (Å²) in [7, 11) is 2.16. The number of H-pyrrole nitrogens is 1. The van der Waals surface area contributed by atoms with Crippen LogP contribution in [0.1, 0.15) is 56.1 Å². The van der Waals surface area contributed by atoms with Gasteiger partial charge in [-0.1, -0.05) is 25.3 Å². The molecule has 10 nitrogen and oxygen atoms in total. The van der Waals surface area contributed by atoms with Gasteiger partial charge in [-0.15, -0.1) is 0 Å². The molecule has 1 amide bonds. The molecular weight excluding hydrogens is 602 g/mol. The van der Waals surface area contributed by atoms with Crippen molar-refractivity contribution in [3.05, 3.63) is 54.8 Å². The van der Waals surface area contributed by atoms with E-state index >= 15 is 0 Å². The van der Waals surface area contributed by atoms with Crippen molar-refractivity contribution < 1.29 is 14.3 Å². The second-order valence-electron chi connectivity index (χ2n) is 14.3. The molecule has 0 radical (unpaired) electrons. The lowest BCUT2D eigenvalue weighted by Gasteiger charge is -2.54. The van der Waals surface area contributed by atoms with Gasteiger partial charge in [-0.25, -0.2) is 0 Å². The van der Waals surface area contributed by atoms with E-state index in [0.717, 1.165) is 127 Å². The van der Waals surface area contributed by atoms with Crippen LogP contribution in [0.5, 0.6) is 11.8 Å². The molecular formula is C38H45N7O3. The Morgan fingerprint density at radius 3 is 2.56 bits per heavy atom. The van der Waals surface area contributed by atoms with E-state index in [0.29, 0.717) is 18.7 Å². The van der Waals surface area contributed by atoms with Gasteiger partial charge in [0.25, 0.3) is 0 Å². The number of amides is 1. The van der Waals surface area contributed by atoms with Gasteiger partial charge in [-0.2, -0.15) is 15.1 Å². The third kappa shape index (κ3) is 5.30. The average molecular weight is 648 g/mol. The number of carbonyl (C=O) groups excluding carboxylic acids is 1. The Kier molecular flexibility index (Phi) is 7.86. The molecule has 10 heteroatoms. The van der Waals surface area contributed by atoms with Crippen LogP contribution in [0.25, 0.3) is 39.0 Å². The number of nitrogens with one attached hydrogen (secondary N) is 1. The molecule has 4 fully saturated rings. The van der Waals surface area contributed by atoms with Crippen molar-refractivity contribution in [1.29, 1.82) is 0 Å². The molecule has 1 spiro atoms. The molecule has 48 heavy (non-hydrogen) atoms. The predicted octanol–water partition coefficient (Wildman–Crippen LogP) is 6.14. The fraction of sp³-hybridized carbons (Fsp3) is 0.474. The zero-order valence-corrected chi connectivity index (χ0v) is 28.1. The number of likely N-dealkylation sites (tertiary alicyclic amines) is 2. The largest absolute Gasteiger partial charge is 0.487 e.